The Morgan fingerprint density at radius 2 is 0.677 bits per heavy atom. The smallest absolute Gasteiger partial charge is 0.204 e. The van der Waals surface area contributed by atoms with Crippen molar-refractivity contribution in [3.8, 4) is 0 Å². The van der Waals surface area contributed by atoms with E-state index in [1.165, 1.54) is 0 Å². The third-order valence-electron chi connectivity index (χ3n) is 4.35. The molecule has 0 nitrogen and oxygen atoms in total. The molecule has 3 aromatic rings. The van der Waals surface area contributed by atoms with Gasteiger partial charge in [-0.25, -0.2) is 43.9 Å². The number of halogens is 12. The molecule has 0 spiro atoms. The summed E-state index contributed by atoms with van der Waals surface area (Å²) < 4.78 is 140. The Morgan fingerprint density at radius 3 is 0.968 bits per heavy atom. The van der Waals surface area contributed by atoms with Crippen molar-refractivity contribution in [1.82, 2.24) is 0 Å². The van der Waals surface area contributed by atoms with Crippen molar-refractivity contribution >= 4 is 46.3 Å². The second kappa shape index (κ2) is 8.27. The molecule has 0 N–H and O–H groups in total. The van der Waals surface area contributed by atoms with Crippen molar-refractivity contribution in [3.05, 3.63) is 86.4 Å². The molecule has 0 aliphatic carbocycles. The molecule has 0 aliphatic rings. The topological polar surface area (TPSA) is 0 Å². The lowest BCUT2D eigenvalue weighted by Crippen LogP contribution is -2.58. The minimum Gasteiger partial charge on any atom is -0.204 e. The zero-order chi connectivity index (χ0) is 23.4. The van der Waals surface area contributed by atoms with Crippen LogP contribution in [-0.4, -0.2) is 6.71 Å². The molecular formula is C18H3BCl2F10. The molecule has 0 aliphatic heterocycles. The molecule has 162 valence electrons. The Kier molecular flexibility index (Phi) is 6.21. The number of hydrogen-bond donors (Lipinski definition) is 0. The molecule has 3 rings (SSSR count). The van der Waals surface area contributed by atoms with Crippen LogP contribution in [-0.2, 0) is 0 Å². The van der Waals surface area contributed by atoms with Gasteiger partial charge in [-0.15, -0.1) is 0 Å². The van der Waals surface area contributed by atoms with Gasteiger partial charge in [0, 0.05) is 21.0 Å². The average molecular weight is 491 g/mol. The highest BCUT2D eigenvalue weighted by Crippen LogP contribution is 2.23. The second-order valence-electron chi connectivity index (χ2n) is 6.04. The molecule has 0 radical (unpaired) electrons. The monoisotopic (exact) mass is 490 g/mol. The quantitative estimate of drug-likeness (QED) is 0.212. The number of rotatable bonds is 3. The third kappa shape index (κ3) is 3.53. The van der Waals surface area contributed by atoms with Crippen LogP contribution in [0.2, 0.25) is 10.0 Å². The minimum atomic E-state index is -2.81. The molecule has 0 aromatic heterocycles. The predicted molar refractivity (Wildman–Crippen MR) is 93.6 cm³/mol. The fourth-order valence-corrected chi connectivity index (χ4v) is 3.59. The van der Waals surface area contributed by atoms with E-state index in [0.29, 0.717) is 0 Å². The Hall–Kier alpha value is -2.40. The van der Waals surface area contributed by atoms with Crippen molar-refractivity contribution < 1.29 is 43.9 Å². The molecule has 0 fully saturated rings. The largest absolute Gasteiger partial charge is 0.260 e. The first-order valence-corrected chi connectivity index (χ1v) is 8.63. The summed E-state index contributed by atoms with van der Waals surface area (Å²) in [5.74, 6) is -25.6. The van der Waals surface area contributed by atoms with Crippen molar-refractivity contribution in [3.63, 3.8) is 0 Å². The van der Waals surface area contributed by atoms with E-state index in [-0.39, 0.29) is 0 Å². The fourth-order valence-electron chi connectivity index (χ4n) is 2.97. The summed E-state index contributed by atoms with van der Waals surface area (Å²) in [7, 11) is 0. The van der Waals surface area contributed by atoms with E-state index < -0.39 is 91.3 Å². The maximum atomic E-state index is 14.5. The van der Waals surface area contributed by atoms with Crippen molar-refractivity contribution in [2.45, 2.75) is 0 Å². The van der Waals surface area contributed by atoms with Gasteiger partial charge in [-0.3, -0.25) is 0 Å². The molecule has 13 heteroatoms. The summed E-state index contributed by atoms with van der Waals surface area (Å²) in [5, 5.41) is -1.24. The summed E-state index contributed by atoms with van der Waals surface area (Å²) in [4.78, 5) is 0. The zero-order valence-corrected chi connectivity index (χ0v) is 15.9. The van der Waals surface area contributed by atoms with E-state index >= 15 is 0 Å². The first kappa shape index (κ1) is 23.3. The summed E-state index contributed by atoms with van der Waals surface area (Å²) in [5.41, 5.74) is -4.71. The Bertz CT molecular complexity index is 1080. The Morgan fingerprint density at radius 1 is 0.419 bits per heavy atom. The van der Waals surface area contributed by atoms with Gasteiger partial charge in [0.1, 0.15) is 0 Å². The van der Waals surface area contributed by atoms with Gasteiger partial charge in [0.15, 0.2) is 58.2 Å². The molecule has 31 heavy (non-hydrogen) atoms. The highest BCUT2D eigenvalue weighted by atomic mass is 35.5. The number of benzene rings is 3. The third-order valence-corrected chi connectivity index (χ3v) is 5.01. The van der Waals surface area contributed by atoms with E-state index in [1.807, 2.05) is 0 Å². The Labute approximate surface area is 177 Å². The van der Waals surface area contributed by atoms with Crippen LogP contribution >= 0.6 is 23.2 Å². The van der Waals surface area contributed by atoms with Crippen molar-refractivity contribution in [1.29, 1.82) is 0 Å². The first-order chi connectivity index (χ1) is 14.4. The SMILES string of the molecule is Fc1c(F)c(F)c(B(c2c(Cl)cccc2Cl)c2c(F)c(F)c(F)c(F)c2F)c(F)c1F. The van der Waals surface area contributed by atoms with E-state index in [1.54, 1.807) is 0 Å². The van der Waals surface area contributed by atoms with Gasteiger partial charge in [-0.05, 0) is 17.6 Å². The average Bonchev–Trinajstić information content (AvgIpc) is 2.73. The van der Waals surface area contributed by atoms with Crippen molar-refractivity contribution in [2.24, 2.45) is 0 Å². The zero-order valence-electron chi connectivity index (χ0n) is 14.3. The van der Waals surface area contributed by atoms with E-state index in [9.17, 15) is 43.9 Å². The molecule has 0 amide bonds. The highest BCUT2D eigenvalue weighted by Gasteiger charge is 2.42. The maximum absolute atomic E-state index is 14.5. The lowest BCUT2D eigenvalue weighted by atomic mass is 9.36. The lowest BCUT2D eigenvalue weighted by Gasteiger charge is -2.21. The van der Waals surface area contributed by atoms with Gasteiger partial charge in [-0.2, -0.15) is 0 Å². The van der Waals surface area contributed by atoms with Crippen LogP contribution in [0.3, 0.4) is 0 Å². The van der Waals surface area contributed by atoms with Gasteiger partial charge in [0.2, 0.25) is 0 Å². The summed E-state index contributed by atoms with van der Waals surface area (Å²) in [6.45, 7) is -2.81. The molecular weight excluding hydrogens is 488 g/mol. The van der Waals surface area contributed by atoms with Gasteiger partial charge in [0.05, 0.1) is 0 Å². The van der Waals surface area contributed by atoms with Crippen LogP contribution < -0.4 is 16.4 Å². The van der Waals surface area contributed by atoms with Gasteiger partial charge in [0.25, 0.3) is 6.71 Å². The molecule has 0 heterocycles. The standard InChI is InChI=1S/C18H3BCl2F10/c20-4-2-1-3-5(21)6(4)19(7-9(22)13(26)17(30)14(27)10(7)23)8-11(24)15(28)18(31)16(29)12(8)25/h1-3H. The van der Waals surface area contributed by atoms with E-state index in [0.717, 1.165) is 18.2 Å². The second-order valence-corrected chi connectivity index (χ2v) is 6.85. The summed E-state index contributed by atoms with van der Waals surface area (Å²) in [6.07, 6.45) is 0. The molecule has 0 saturated carbocycles. The first-order valence-electron chi connectivity index (χ1n) is 7.88. The summed E-state index contributed by atoms with van der Waals surface area (Å²) in [6, 6.07) is 3.05. The molecule has 3 aromatic carbocycles. The van der Waals surface area contributed by atoms with Gasteiger partial charge >= 0.3 is 0 Å². The van der Waals surface area contributed by atoms with Crippen LogP contribution in [0.5, 0.6) is 0 Å². The van der Waals surface area contributed by atoms with Crippen LogP contribution in [0, 0.1) is 58.2 Å². The Balaban J connectivity index is 2.59. The highest BCUT2D eigenvalue weighted by molar-refractivity contribution is 6.97. The molecule has 0 saturated heterocycles. The predicted octanol–water partition coefficient (Wildman–Crippen LogP) is 4.90. The molecule has 0 bridgehead atoms. The molecule has 0 atom stereocenters. The minimum absolute atomic E-state index is 0.620. The molecule has 0 unspecified atom stereocenters. The maximum Gasteiger partial charge on any atom is 0.260 e. The van der Waals surface area contributed by atoms with Crippen LogP contribution in [0.4, 0.5) is 43.9 Å². The lowest BCUT2D eigenvalue weighted by molar-refractivity contribution is 0.382. The van der Waals surface area contributed by atoms with Crippen LogP contribution in [0.25, 0.3) is 0 Å². The van der Waals surface area contributed by atoms with E-state index in [2.05, 4.69) is 0 Å². The normalized spacial score (nSPS) is 11.2. The van der Waals surface area contributed by atoms with Crippen LogP contribution in [0.1, 0.15) is 0 Å². The van der Waals surface area contributed by atoms with Crippen molar-refractivity contribution in [2.75, 3.05) is 0 Å². The van der Waals surface area contributed by atoms with Gasteiger partial charge < -0.3 is 0 Å². The van der Waals surface area contributed by atoms with E-state index in [4.69, 9.17) is 23.2 Å². The number of hydrogen-bond acceptors (Lipinski definition) is 0. The fraction of sp³-hybridized carbons (Fsp3) is 0. The summed E-state index contributed by atoms with van der Waals surface area (Å²) >= 11 is 11.7. The van der Waals surface area contributed by atoms with Crippen LogP contribution in [0.15, 0.2) is 18.2 Å². The van der Waals surface area contributed by atoms with Gasteiger partial charge in [-0.1, -0.05) is 29.3 Å².